The van der Waals surface area contributed by atoms with Crippen molar-refractivity contribution < 1.29 is 35.2 Å². The zero-order valence-corrected chi connectivity index (χ0v) is 22.9. The summed E-state index contributed by atoms with van der Waals surface area (Å²) in [4.78, 5) is 16.5. The van der Waals surface area contributed by atoms with Gasteiger partial charge in [-0.05, 0) is 76.9 Å². The first-order valence-electron chi connectivity index (χ1n) is 11.5. The minimum atomic E-state index is -4.36. The lowest BCUT2D eigenvalue weighted by Crippen LogP contribution is -2.32. The average Bonchev–Trinajstić information content (AvgIpc) is 3.70. The fourth-order valence-corrected chi connectivity index (χ4v) is 4.83. The summed E-state index contributed by atoms with van der Waals surface area (Å²) in [5.74, 6) is -6.34. The van der Waals surface area contributed by atoms with E-state index in [1.165, 1.54) is 18.2 Å². The van der Waals surface area contributed by atoms with Gasteiger partial charge in [-0.2, -0.15) is 13.1 Å². The van der Waals surface area contributed by atoms with E-state index in [4.69, 9.17) is 0 Å². The van der Waals surface area contributed by atoms with E-state index in [1.54, 1.807) is 0 Å². The summed E-state index contributed by atoms with van der Waals surface area (Å²) < 4.78 is 101. The van der Waals surface area contributed by atoms with Crippen LogP contribution in [0, 0.1) is 26.8 Å². The van der Waals surface area contributed by atoms with Crippen molar-refractivity contribution in [1.82, 2.24) is 15.0 Å². The molecular weight excluding hydrogens is 660 g/mol. The van der Waals surface area contributed by atoms with E-state index < -0.39 is 76.1 Å². The van der Waals surface area contributed by atoms with Crippen LogP contribution < -0.4 is 20.1 Å². The molecule has 0 atom stereocenters. The molecule has 15 heteroatoms. The van der Waals surface area contributed by atoms with Gasteiger partial charge in [0.05, 0.1) is 16.9 Å². The van der Waals surface area contributed by atoms with Crippen molar-refractivity contribution in [2.24, 2.45) is 0 Å². The Balaban J connectivity index is 1.71. The third kappa shape index (κ3) is 7.13. The number of benzene rings is 2. The predicted molar refractivity (Wildman–Crippen MR) is 143 cm³/mol. The van der Waals surface area contributed by atoms with Crippen LogP contribution in [0.5, 0.6) is 0 Å². The third-order valence-electron chi connectivity index (χ3n) is 5.60. The fraction of sp³-hybridized carbons (Fsp3) is 0.250. The lowest BCUT2D eigenvalue weighted by Gasteiger charge is -2.17. The van der Waals surface area contributed by atoms with Gasteiger partial charge in [-0.1, -0.05) is 0 Å². The Morgan fingerprint density at radius 3 is 2.44 bits per heavy atom. The summed E-state index contributed by atoms with van der Waals surface area (Å²) in [5.41, 5.74) is -1.82. The molecule has 0 radical (unpaired) electrons. The van der Waals surface area contributed by atoms with Crippen LogP contribution in [0.25, 0.3) is 0 Å². The molecule has 8 nitrogen and oxygen atoms in total. The highest BCUT2D eigenvalue weighted by molar-refractivity contribution is 14.1. The van der Waals surface area contributed by atoms with Crippen LogP contribution in [0.3, 0.4) is 0 Å². The van der Waals surface area contributed by atoms with Crippen molar-refractivity contribution in [3.63, 3.8) is 0 Å². The van der Waals surface area contributed by atoms with Gasteiger partial charge in [-0.15, -0.1) is 0 Å². The number of carbonyl (C=O) groups is 1. The van der Waals surface area contributed by atoms with E-state index >= 15 is 13.2 Å². The van der Waals surface area contributed by atoms with Crippen LogP contribution in [0.2, 0.25) is 0 Å². The number of alkyl halides is 1. The van der Waals surface area contributed by atoms with Crippen LogP contribution in [0.15, 0.2) is 36.5 Å². The molecule has 1 amide bonds. The lowest BCUT2D eigenvalue weighted by atomic mass is 9.99. The van der Waals surface area contributed by atoms with Gasteiger partial charge in [0, 0.05) is 28.8 Å². The lowest BCUT2D eigenvalue weighted by molar-refractivity contribution is 0.0951. The van der Waals surface area contributed by atoms with E-state index in [0.29, 0.717) is 16.4 Å². The minimum Gasteiger partial charge on any atom is -0.350 e. The van der Waals surface area contributed by atoms with Crippen LogP contribution in [0.1, 0.15) is 34.3 Å². The SMILES string of the molecule is O=C(NC1CC1)c1cc(Cc2ccnc(NS(=O)(=O)NCCF)c2F)c(F)c(F)c1Nc1ccc(I)cc1F. The molecule has 0 aliphatic heterocycles. The second-order valence-corrected chi connectivity index (χ2v) is 11.3. The number of hydrogen-bond acceptors (Lipinski definition) is 5. The largest absolute Gasteiger partial charge is 0.350 e. The molecule has 1 heterocycles. The molecule has 1 saturated carbocycles. The number of pyridine rings is 1. The first-order chi connectivity index (χ1) is 18.5. The summed E-state index contributed by atoms with van der Waals surface area (Å²) in [6.07, 6.45) is 1.86. The van der Waals surface area contributed by atoms with Gasteiger partial charge in [-0.3, -0.25) is 9.52 Å². The summed E-state index contributed by atoms with van der Waals surface area (Å²) in [6, 6.07) is 6.01. The van der Waals surface area contributed by atoms with Crippen LogP contribution in [-0.2, 0) is 16.6 Å². The molecule has 39 heavy (non-hydrogen) atoms. The Labute approximate surface area is 234 Å². The smallest absolute Gasteiger partial charge is 0.300 e. The number of hydrogen-bond donors (Lipinski definition) is 4. The standard InChI is InChI=1S/C24H21F5IN5O3S/c25-6-8-32-39(37,38)35-23-20(28)12(5-7-31-23)9-13-10-16(24(36)33-15-2-3-15)22(21(29)19(13)27)34-18-4-1-14(30)11-17(18)26/h1,4-5,7,10-11,15,32,34H,2-3,6,8-9H2,(H,31,35)(H,33,36). The zero-order valence-electron chi connectivity index (χ0n) is 19.9. The normalized spacial score (nSPS) is 13.3. The van der Waals surface area contributed by atoms with E-state index in [-0.39, 0.29) is 22.9 Å². The fourth-order valence-electron chi connectivity index (χ4n) is 3.56. The molecule has 4 rings (SSSR count). The molecule has 3 aromatic rings. The number of nitrogens with zero attached hydrogens (tertiary/aromatic N) is 1. The van der Waals surface area contributed by atoms with E-state index in [2.05, 4.69) is 15.6 Å². The maximum Gasteiger partial charge on any atom is 0.300 e. The molecule has 4 N–H and O–H groups in total. The predicted octanol–water partition coefficient (Wildman–Crippen LogP) is 4.69. The quantitative estimate of drug-likeness (QED) is 0.174. The van der Waals surface area contributed by atoms with Gasteiger partial charge >= 0.3 is 0 Å². The summed E-state index contributed by atoms with van der Waals surface area (Å²) in [7, 11) is -4.36. The van der Waals surface area contributed by atoms with Crippen LogP contribution in [0.4, 0.5) is 39.1 Å². The molecular formula is C24H21F5IN5O3S. The van der Waals surface area contributed by atoms with Crippen LogP contribution >= 0.6 is 22.6 Å². The van der Waals surface area contributed by atoms with Crippen molar-refractivity contribution in [1.29, 1.82) is 0 Å². The van der Waals surface area contributed by atoms with Crippen molar-refractivity contribution in [3.05, 3.63) is 80.1 Å². The summed E-state index contributed by atoms with van der Waals surface area (Å²) in [5, 5.41) is 5.12. The van der Waals surface area contributed by atoms with E-state index in [9.17, 15) is 22.0 Å². The number of amides is 1. The molecule has 0 saturated heterocycles. The highest BCUT2D eigenvalue weighted by Crippen LogP contribution is 2.33. The number of nitrogens with one attached hydrogen (secondary N) is 4. The van der Waals surface area contributed by atoms with E-state index in [1.807, 2.05) is 32.0 Å². The Morgan fingerprint density at radius 1 is 1.03 bits per heavy atom. The molecule has 208 valence electrons. The molecule has 1 fully saturated rings. The van der Waals surface area contributed by atoms with Gasteiger partial charge in [0.15, 0.2) is 23.3 Å². The Morgan fingerprint density at radius 2 is 1.77 bits per heavy atom. The monoisotopic (exact) mass is 681 g/mol. The number of rotatable bonds is 11. The van der Waals surface area contributed by atoms with Gasteiger partial charge in [0.2, 0.25) is 0 Å². The van der Waals surface area contributed by atoms with Gasteiger partial charge in [0.25, 0.3) is 16.1 Å². The Bertz CT molecular complexity index is 1520. The molecule has 1 aromatic heterocycles. The van der Waals surface area contributed by atoms with Crippen LogP contribution in [-0.4, -0.2) is 38.6 Å². The highest BCUT2D eigenvalue weighted by Gasteiger charge is 2.29. The van der Waals surface area contributed by atoms with E-state index in [0.717, 1.165) is 18.3 Å². The molecule has 0 unspecified atom stereocenters. The summed E-state index contributed by atoms with van der Waals surface area (Å²) in [6.45, 7) is -1.56. The average molecular weight is 681 g/mol. The molecule has 1 aliphatic rings. The number of carbonyl (C=O) groups excluding carboxylic acids is 1. The third-order valence-corrected chi connectivity index (χ3v) is 7.31. The first kappa shape index (κ1) is 28.9. The zero-order chi connectivity index (χ0) is 28.3. The van der Waals surface area contributed by atoms with Gasteiger partial charge < -0.3 is 10.6 Å². The molecule has 0 bridgehead atoms. The van der Waals surface area contributed by atoms with Gasteiger partial charge in [-0.25, -0.2) is 26.9 Å². The Kier molecular flexibility index (Phi) is 8.90. The second kappa shape index (κ2) is 12.0. The minimum absolute atomic E-state index is 0.142. The Hall–Kier alpha value is -3.05. The number of anilines is 3. The topological polar surface area (TPSA) is 112 Å². The second-order valence-electron chi connectivity index (χ2n) is 8.58. The van der Waals surface area contributed by atoms with Crippen molar-refractivity contribution in [3.8, 4) is 0 Å². The molecule has 2 aromatic carbocycles. The number of halogens is 6. The van der Waals surface area contributed by atoms with Crippen molar-refractivity contribution >= 4 is 55.9 Å². The molecule has 0 spiro atoms. The maximum atomic E-state index is 15.4. The summed E-state index contributed by atoms with van der Waals surface area (Å²) >= 11 is 1.88. The van der Waals surface area contributed by atoms with Crippen molar-refractivity contribution in [2.75, 3.05) is 23.3 Å². The van der Waals surface area contributed by atoms with Crippen molar-refractivity contribution in [2.45, 2.75) is 25.3 Å². The highest BCUT2D eigenvalue weighted by atomic mass is 127. The first-order valence-corrected chi connectivity index (χ1v) is 14.1. The number of aromatic nitrogens is 1. The maximum absolute atomic E-state index is 15.4. The van der Waals surface area contributed by atoms with Gasteiger partial charge in [0.1, 0.15) is 12.5 Å². The molecule has 1 aliphatic carbocycles.